The lowest BCUT2D eigenvalue weighted by Crippen LogP contribution is -2.43. The number of hydrogen-bond acceptors (Lipinski definition) is 4. The maximum Gasteiger partial charge on any atom is 0.218 e. The van der Waals surface area contributed by atoms with E-state index in [1.807, 2.05) is 26.0 Å². The molecule has 0 aliphatic heterocycles. The van der Waals surface area contributed by atoms with E-state index in [-0.39, 0.29) is 11.2 Å². The Morgan fingerprint density at radius 3 is 2.72 bits per heavy atom. The van der Waals surface area contributed by atoms with Crippen molar-refractivity contribution in [2.75, 3.05) is 33.9 Å². The minimum absolute atomic E-state index is 0.328. The normalized spacial score (nSPS) is 12.0. The summed E-state index contributed by atoms with van der Waals surface area (Å²) in [6.45, 7) is 6.05. The smallest absolute Gasteiger partial charge is 0.218 e. The summed E-state index contributed by atoms with van der Waals surface area (Å²) in [6, 6.07) is 8.27. The molecule has 8 heteroatoms. The number of aliphatic imine (C=N–C) groups is 1. The third-order valence-electron chi connectivity index (χ3n) is 4.40. The van der Waals surface area contributed by atoms with E-state index in [1.54, 1.807) is 26.4 Å². The predicted octanol–water partition coefficient (Wildman–Crippen LogP) is 3.54. The van der Waals surface area contributed by atoms with E-state index in [1.165, 1.54) is 12.1 Å². The van der Waals surface area contributed by atoms with Crippen molar-refractivity contribution >= 4 is 17.6 Å². The highest BCUT2D eigenvalue weighted by molar-refractivity contribution is 6.31. The molecule has 2 aromatic rings. The Bertz CT molecular complexity index is 830. The van der Waals surface area contributed by atoms with E-state index in [0.717, 1.165) is 11.1 Å². The van der Waals surface area contributed by atoms with E-state index in [0.29, 0.717) is 43.2 Å². The van der Waals surface area contributed by atoms with Crippen molar-refractivity contribution in [3.63, 3.8) is 0 Å². The zero-order valence-corrected chi connectivity index (χ0v) is 18.0. The Balaban J connectivity index is 1.96. The van der Waals surface area contributed by atoms with Gasteiger partial charge in [0.15, 0.2) is 5.96 Å². The molecule has 1 aromatic carbocycles. The molecular formula is C21H28ClFN4O2. The molecule has 29 heavy (non-hydrogen) atoms. The summed E-state index contributed by atoms with van der Waals surface area (Å²) in [5.74, 6) is 0.842. The van der Waals surface area contributed by atoms with Crippen molar-refractivity contribution < 1.29 is 13.9 Å². The SMILES string of the molecule is CN=C(NCc1cccnc1OCCOC)NCC(C)(C)c1ccc(F)cc1Cl. The standard InChI is InChI=1S/C21H28ClFN4O2/c1-21(2,17-8-7-16(23)12-18(17)22)14-27-20(24-3)26-13-15-6-5-9-25-19(15)29-11-10-28-4/h5-9,12H,10-11,13-14H2,1-4H3,(H2,24,26,27). The number of ether oxygens (including phenoxy) is 2. The number of halogens is 2. The van der Waals surface area contributed by atoms with Gasteiger partial charge in [0.2, 0.25) is 5.88 Å². The molecule has 158 valence electrons. The molecule has 6 nitrogen and oxygen atoms in total. The summed E-state index contributed by atoms with van der Waals surface area (Å²) in [7, 11) is 3.33. The molecule has 0 saturated carbocycles. The maximum atomic E-state index is 13.3. The van der Waals surface area contributed by atoms with Crippen molar-refractivity contribution in [3.8, 4) is 5.88 Å². The molecule has 1 heterocycles. The Hall–Kier alpha value is -2.38. The van der Waals surface area contributed by atoms with Gasteiger partial charge in [-0.15, -0.1) is 0 Å². The third-order valence-corrected chi connectivity index (χ3v) is 4.72. The molecule has 1 aromatic heterocycles. The number of rotatable bonds is 9. The first-order valence-electron chi connectivity index (χ1n) is 9.33. The highest BCUT2D eigenvalue weighted by Gasteiger charge is 2.24. The van der Waals surface area contributed by atoms with Gasteiger partial charge in [0.05, 0.1) is 6.61 Å². The van der Waals surface area contributed by atoms with E-state index in [9.17, 15) is 4.39 Å². The number of methoxy groups -OCH3 is 1. The van der Waals surface area contributed by atoms with Gasteiger partial charge in [0.25, 0.3) is 0 Å². The van der Waals surface area contributed by atoms with Crippen molar-refractivity contribution in [2.24, 2.45) is 4.99 Å². The third kappa shape index (κ3) is 6.87. The van der Waals surface area contributed by atoms with Crippen LogP contribution in [0.1, 0.15) is 25.0 Å². The van der Waals surface area contributed by atoms with Gasteiger partial charge in [0.1, 0.15) is 12.4 Å². The van der Waals surface area contributed by atoms with Gasteiger partial charge >= 0.3 is 0 Å². The Morgan fingerprint density at radius 1 is 1.24 bits per heavy atom. The monoisotopic (exact) mass is 422 g/mol. The summed E-state index contributed by atoms with van der Waals surface area (Å²) in [4.78, 5) is 8.53. The van der Waals surface area contributed by atoms with Crippen LogP contribution in [0.2, 0.25) is 5.02 Å². The summed E-state index contributed by atoms with van der Waals surface area (Å²) >= 11 is 6.23. The fourth-order valence-electron chi connectivity index (χ4n) is 2.75. The van der Waals surface area contributed by atoms with Crippen LogP contribution in [-0.2, 0) is 16.7 Å². The second kappa shape index (κ2) is 11.0. The quantitative estimate of drug-likeness (QED) is 0.367. The first kappa shape index (κ1) is 22.9. The summed E-state index contributed by atoms with van der Waals surface area (Å²) < 4.78 is 24.0. The van der Waals surface area contributed by atoms with Crippen LogP contribution in [0.15, 0.2) is 41.5 Å². The minimum Gasteiger partial charge on any atom is -0.475 e. The molecule has 0 aliphatic rings. The largest absolute Gasteiger partial charge is 0.475 e. The van der Waals surface area contributed by atoms with Crippen LogP contribution in [0.3, 0.4) is 0 Å². The second-order valence-electron chi connectivity index (χ2n) is 7.10. The molecule has 0 atom stereocenters. The zero-order chi connectivity index (χ0) is 21.3. The van der Waals surface area contributed by atoms with Crippen LogP contribution in [0.4, 0.5) is 4.39 Å². The van der Waals surface area contributed by atoms with Crippen molar-refractivity contribution in [1.29, 1.82) is 0 Å². The van der Waals surface area contributed by atoms with Crippen LogP contribution in [0.25, 0.3) is 0 Å². The van der Waals surface area contributed by atoms with Crippen molar-refractivity contribution in [3.05, 3.63) is 58.5 Å². The topological polar surface area (TPSA) is 67.8 Å². The average molecular weight is 423 g/mol. The van der Waals surface area contributed by atoms with Gasteiger partial charge in [-0.3, -0.25) is 4.99 Å². The predicted molar refractivity (Wildman–Crippen MR) is 114 cm³/mol. The van der Waals surface area contributed by atoms with E-state index in [4.69, 9.17) is 21.1 Å². The Kier molecular flexibility index (Phi) is 8.67. The van der Waals surface area contributed by atoms with Gasteiger partial charge in [-0.05, 0) is 23.8 Å². The molecule has 2 rings (SSSR count). The fraction of sp³-hybridized carbons (Fsp3) is 0.429. The lowest BCUT2D eigenvalue weighted by Gasteiger charge is -2.27. The number of pyridine rings is 1. The van der Waals surface area contributed by atoms with Crippen molar-refractivity contribution in [1.82, 2.24) is 15.6 Å². The van der Waals surface area contributed by atoms with Gasteiger partial charge < -0.3 is 20.1 Å². The molecule has 0 unspecified atom stereocenters. The van der Waals surface area contributed by atoms with Gasteiger partial charge in [-0.25, -0.2) is 9.37 Å². The lowest BCUT2D eigenvalue weighted by molar-refractivity contribution is 0.143. The molecule has 0 spiro atoms. The maximum absolute atomic E-state index is 13.3. The molecule has 0 amide bonds. The number of guanidine groups is 1. The van der Waals surface area contributed by atoms with Gasteiger partial charge in [-0.2, -0.15) is 0 Å². The lowest BCUT2D eigenvalue weighted by atomic mass is 9.84. The van der Waals surface area contributed by atoms with Gasteiger partial charge in [-0.1, -0.05) is 37.6 Å². The number of nitrogens with one attached hydrogen (secondary N) is 2. The average Bonchev–Trinajstić information content (AvgIpc) is 2.69. The highest BCUT2D eigenvalue weighted by Crippen LogP contribution is 2.29. The highest BCUT2D eigenvalue weighted by atomic mass is 35.5. The molecule has 0 bridgehead atoms. The van der Waals surface area contributed by atoms with E-state index < -0.39 is 0 Å². The molecular weight excluding hydrogens is 395 g/mol. The van der Waals surface area contributed by atoms with E-state index >= 15 is 0 Å². The van der Waals surface area contributed by atoms with Crippen LogP contribution in [0.5, 0.6) is 5.88 Å². The fourth-order valence-corrected chi connectivity index (χ4v) is 3.17. The number of aromatic nitrogens is 1. The van der Waals surface area contributed by atoms with Crippen LogP contribution < -0.4 is 15.4 Å². The number of benzene rings is 1. The molecule has 0 aliphatic carbocycles. The second-order valence-corrected chi connectivity index (χ2v) is 7.50. The van der Waals surface area contributed by atoms with Crippen LogP contribution in [0, 0.1) is 5.82 Å². The summed E-state index contributed by atoms with van der Waals surface area (Å²) in [5.41, 5.74) is 1.45. The molecule has 2 N–H and O–H groups in total. The first-order chi connectivity index (χ1) is 13.9. The Labute approximate surface area is 176 Å². The van der Waals surface area contributed by atoms with Crippen LogP contribution >= 0.6 is 11.6 Å². The molecule has 0 fully saturated rings. The first-order valence-corrected chi connectivity index (χ1v) is 9.71. The van der Waals surface area contributed by atoms with Crippen LogP contribution in [-0.4, -0.2) is 44.9 Å². The molecule has 0 saturated heterocycles. The Morgan fingerprint density at radius 2 is 2.03 bits per heavy atom. The summed E-state index contributed by atoms with van der Waals surface area (Å²) in [5, 5.41) is 6.97. The van der Waals surface area contributed by atoms with Crippen molar-refractivity contribution in [2.45, 2.75) is 25.8 Å². The zero-order valence-electron chi connectivity index (χ0n) is 17.3. The number of nitrogens with zero attached hydrogens (tertiary/aromatic N) is 2. The summed E-state index contributed by atoms with van der Waals surface area (Å²) in [6.07, 6.45) is 1.69. The van der Waals surface area contributed by atoms with E-state index in [2.05, 4.69) is 20.6 Å². The number of hydrogen-bond donors (Lipinski definition) is 2. The molecule has 0 radical (unpaired) electrons. The minimum atomic E-state index is -0.347. The van der Waals surface area contributed by atoms with Gasteiger partial charge in [0, 0.05) is 49.4 Å².